The zero-order valence-corrected chi connectivity index (χ0v) is 20.2. The highest BCUT2D eigenvalue weighted by molar-refractivity contribution is 6.01. The van der Waals surface area contributed by atoms with Crippen LogP contribution in [0.5, 0.6) is 0 Å². The number of nitrogens with one attached hydrogen (secondary N) is 1. The topological polar surface area (TPSA) is 101 Å². The highest BCUT2D eigenvalue weighted by atomic mass is 19.1. The van der Waals surface area contributed by atoms with Gasteiger partial charge in [-0.2, -0.15) is 0 Å². The fourth-order valence-electron chi connectivity index (χ4n) is 4.42. The van der Waals surface area contributed by atoms with Crippen molar-refractivity contribution in [2.75, 3.05) is 38.0 Å². The first-order valence-corrected chi connectivity index (χ1v) is 11.9. The number of Topliss-reactive ketones (excluding diaryl/α,β-unsaturated/α-hetero) is 1. The molecule has 4 rings (SSSR count). The van der Waals surface area contributed by atoms with Crippen molar-refractivity contribution in [3.05, 3.63) is 89.0 Å². The van der Waals surface area contributed by atoms with Crippen molar-refractivity contribution in [3.63, 3.8) is 0 Å². The van der Waals surface area contributed by atoms with E-state index in [0.29, 0.717) is 56.1 Å². The van der Waals surface area contributed by atoms with Crippen molar-refractivity contribution in [1.82, 2.24) is 14.4 Å². The van der Waals surface area contributed by atoms with Crippen LogP contribution in [-0.4, -0.2) is 64.8 Å². The molecule has 0 bridgehead atoms. The number of piperazine rings is 1. The van der Waals surface area contributed by atoms with Crippen LogP contribution < -0.4 is 11.1 Å². The van der Waals surface area contributed by atoms with Crippen molar-refractivity contribution in [2.45, 2.75) is 19.9 Å². The van der Waals surface area contributed by atoms with Crippen LogP contribution in [-0.2, 0) is 13.0 Å². The van der Waals surface area contributed by atoms with E-state index in [1.807, 2.05) is 39.8 Å². The molecule has 0 atom stereocenters. The van der Waals surface area contributed by atoms with Gasteiger partial charge in [0, 0.05) is 44.1 Å². The van der Waals surface area contributed by atoms with Crippen LogP contribution in [0, 0.1) is 12.7 Å². The number of nitrogens with two attached hydrogens (primary N) is 1. The largest absolute Gasteiger partial charge is 0.366 e. The summed E-state index contributed by atoms with van der Waals surface area (Å²) in [5, 5.41) is 2.88. The molecule has 8 nitrogen and oxygen atoms in total. The molecule has 3 amide bonds. The number of urea groups is 1. The molecule has 0 aliphatic carbocycles. The second-order valence-electron chi connectivity index (χ2n) is 8.90. The first kappa shape index (κ1) is 25.1. The highest BCUT2D eigenvalue weighted by Crippen LogP contribution is 2.19. The first-order chi connectivity index (χ1) is 17.3. The van der Waals surface area contributed by atoms with Gasteiger partial charge in [-0.3, -0.25) is 14.5 Å². The number of hydrogen-bond acceptors (Lipinski definition) is 4. The summed E-state index contributed by atoms with van der Waals surface area (Å²) in [5.74, 6) is -1.01. The minimum Gasteiger partial charge on any atom is -0.366 e. The van der Waals surface area contributed by atoms with Crippen LogP contribution in [0.1, 0.15) is 32.1 Å². The van der Waals surface area contributed by atoms with Crippen molar-refractivity contribution < 1.29 is 18.8 Å². The van der Waals surface area contributed by atoms with Crippen LogP contribution in [0.25, 0.3) is 0 Å². The smallest absolute Gasteiger partial charge is 0.321 e. The summed E-state index contributed by atoms with van der Waals surface area (Å²) in [5.41, 5.74) is 8.59. The predicted molar refractivity (Wildman–Crippen MR) is 136 cm³/mol. The van der Waals surface area contributed by atoms with E-state index in [0.717, 1.165) is 11.3 Å². The van der Waals surface area contributed by atoms with Gasteiger partial charge in [0.05, 0.1) is 17.8 Å². The number of aryl methyl sites for hydroxylation is 1. The Morgan fingerprint density at radius 1 is 0.972 bits per heavy atom. The Morgan fingerprint density at radius 3 is 2.28 bits per heavy atom. The molecular formula is C27H30FN5O3. The lowest BCUT2D eigenvalue weighted by atomic mass is 10.1. The molecule has 9 heteroatoms. The van der Waals surface area contributed by atoms with E-state index in [4.69, 9.17) is 5.73 Å². The molecule has 2 heterocycles. The van der Waals surface area contributed by atoms with E-state index >= 15 is 0 Å². The first-order valence-electron chi connectivity index (χ1n) is 11.9. The number of para-hydroxylation sites is 1. The van der Waals surface area contributed by atoms with Gasteiger partial charge >= 0.3 is 6.03 Å². The van der Waals surface area contributed by atoms with E-state index in [-0.39, 0.29) is 24.2 Å². The molecule has 0 unspecified atom stereocenters. The standard InChI is InChI=1S/C27H30FN5O3/c1-19-23(26(29)35)17-24(33(19)12-11-20-7-9-21(28)10-8-20)25(34)18-31-13-15-32(16-14-31)27(36)30-22-5-3-2-4-6-22/h2-10,17H,11-16,18H2,1H3,(H2,29,35)(H,30,36). The number of carbonyl (C=O) groups is 3. The summed E-state index contributed by atoms with van der Waals surface area (Å²) in [6, 6.07) is 16.9. The van der Waals surface area contributed by atoms with Gasteiger partial charge in [0.25, 0.3) is 5.91 Å². The number of primary amides is 1. The number of benzene rings is 2. The number of halogens is 1. The molecule has 1 aliphatic rings. The summed E-state index contributed by atoms with van der Waals surface area (Å²) in [7, 11) is 0. The van der Waals surface area contributed by atoms with Crippen LogP contribution in [0.2, 0.25) is 0 Å². The Balaban J connectivity index is 1.38. The Labute approximate surface area is 209 Å². The SMILES string of the molecule is Cc1c(C(N)=O)cc(C(=O)CN2CCN(C(=O)Nc3ccccc3)CC2)n1CCc1ccc(F)cc1. The third-order valence-corrected chi connectivity index (χ3v) is 6.51. The molecule has 1 aromatic heterocycles. The Kier molecular flexibility index (Phi) is 7.80. The number of nitrogens with zero attached hydrogens (tertiary/aromatic N) is 3. The van der Waals surface area contributed by atoms with Crippen LogP contribution >= 0.6 is 0 Å². The molecule has 3 aromatic rings. The number of ketones is 1. The van der Waals surface area contributed by atoms with Gasteiger partial charge in [-0.15, -0.1) is 0 Å². The number of aromatic nitrogens is 1. The molecule has 188 valence electrons. The van der Waals surface area contributed by atoms with Crippen molar-refractivity contribution in [3.8, 4) is 0 Å². The normalized spacial score (nSPS) is 14.0. The maximum atomic E-state index is 13.3. The van der Waals surface area contributed by atoms with Gasteiger partial charge in [0.15, 0.2) is 5.78 Å². The lowest BCUT2D eigenvalue weighted by Crippen LogP contribution is -2.51. The molecule has 3 N–H and O–H groups in total. The van der Waals surface area contributed by atoms with Gasteiger partial charge in [-0.25, -0.2) is 9.18 Å². The second kappa shape index (κ2) is 11.2. The molecule has 1 fully saturated rings. The van der Waals surface area contributed by atoms with Gasteiger partial charge in [-0.1, -0.05) is 30.3 Å². The van der Waals surface area contributed by atoms with E-state index in [9.17, 15) is 18.8 Å². The molecule has 0 radical (unpaired) electrons. The van der Waals surface area contributed by atoms with Gasteiger partial charge < -0.3 is 20.5 Å². The maximum absolute atomic E-state index is 13.3. The lowest BCUT2D eigenvalue weighted by Gasteiger charge is -2.34. The number of carbonyl (C=O) groups excluding carboxylic acids is 3. The van der Waals surface area contributed by atoms with Crippen molar-refractivity contribution in [1.29, 1.82) is 0 Å². The quantitative estimate of drug-likeness (QED) is 0.472. The number of hydrogen-bond donors (Lipinski definition) is 2. The number of amides is 3. The average molecular weight is 492 g/mol. The lowest BCUT2D eigenvalue weighted by molar-refractivity contribution is 0.0874. The highest BCUT2D eigenvalue weighted by Gasteiger charge is 2.25. The molecular weight excluding hydrogens is 461 g/mol. The van der Waals surface area contributed by atoms with E-state index in [1.165, 1.54) is 12.1 Å². The third-order valence-electron chi connectivity index (χ3n) is 6.51. The minimum absolute atomic E-state index is 0.119. The zero-order chi connectivity index (χ0) is 25.7. The summed E-state index contributed by atoms with van der Waals surface area (Å²) < 4.78 is 15.0. The monoisotopic (exact) mass is 491 g/mol. The van der Waals surface area contributed by atoms with Gasteiger partial charge in [-0.05, 0) is 49.2 Å². The Hall–Kier alpha value is -3.98. The molecule has 36 heavy (non-hydrogen) atoms. The minimum atomic E-state index is -0.583. The molecule has 2 aromatic carbocycles. The van der Waals surface area contributed by atoms with Crippen LogP contribution in [0.3, 0.4) is 0 Å². The fraction of sp³-hybridized carbons (Fsp3) is 0.296. The summed E-state index contributed by atoms with van der Waals surface area (Å²) in [6.45, 7) is 4.53. The molecule has 0 saturated carbocycles. The van der Waals surface area contributed by atoms with Crippen LogP contribution in [0.15, 0.2) is 60.7 Å². The van der Waals surface area contributed by atoms with E-state index in [2.05, 4.69) is 5.32 Å². The summed E-state index contributed by atoms with van der Waals surface area (Å²) >= 11 is 0. The third kappa shape index (κ3) is 5.98. The zero-order valence-electron chi connectivity index (χ0n) is 20.2. The van der Waals surface area contributed by atoms with Gasteiger partial charge in [0.1, 0.15) is 5.82 Å². The van der Waals surface area contributed by atoms with Gasteiger partial charge in [0.2, 0.25) is 0 Å². The Morgan fingerprint density at radius 2 is 1.64 bits per heavy atom. The summed E-state index contributed by atoms with van der Waals surface area (Å²) in [6.07, 6.45) is 0.573. The van der Waals surface area contributed by atoms with E-state index < -0.39 is 5.91 Å². The number of rotatable bonds is 8. The average Bonchev–Trinajstić information content (AvgIpc) is 3.21. The molecule has 1 aliphatic heterocycles. The molecule has 1 saturated heterocycles. The second-order valence-corrected chi connectivity index (χ2v) is 8.90. The fourth-order valence-corrected chi connectivity index (χ4v) is 4.42. The van der Waals surface area contributed by atoms with Crippen LogP contribution in [0.4, 0.5) is 14.9 Å². The van der Waals surface area contributed by atoms with Crippen molar-refractivity contribution >= 4 is 23.4 Å². The number of anilines is 1. The predicted octanol–water partition coefficient (Wildman–Crippen LogP) is 3.31. The Bertz CT molecular complexity index is 1230. The molecule has 0 spiro atoms. The summed E-state index contributed by atoms with van der Waals surface area (Å²) in [4.78, 5) is 41.5. The maximum Gasteiger partial charge on any atom is 0.321 e. The van der Waals surface area contributed by atoms with Crippen molar-refractivity contribution in [2.24, 2.45) is 5.73 Å². The van der Waals surface area contributed by atoms with E-state index in [1.54, 1.807) is 30.0 Å².